The van der Waals surface area contributed by atoms with Gasteiger partial charge in [-0.3, -0.25) is 19.0 Å². The third-order valence-corrected chi connectivity index (χ3v) is 9.95. The molecule has 2 aliphatic rings. The molecule has 1 atom stereocenters. The summed E-state index contributed by atoms with van der Waals surface area (Å²) >= 11 is 6.20. The third kappa shape index (κ3) is 4.81. The number of carbonyl (C=O) groups is 2. The smallest absolute Gasteiger partial charge is 0.272 e. The molecule has 2 aliphatic heterocycles. The highest BCUT2D eigenvalue weighted by Crippen LogP contribution is 2.38. The molecule has 212 valence electrons. The van der Waals surface area contributed by atoms with Crippen molar-refractivity contribution >= 4 is 67.4 Å². The van der Waals surface area contributed by atoms with Gasteiger partial charge in [0.25, 0.3) is 17.4 Å². The molecule has 10 heteroatoms. The maximum absolute atomic E-state index is 14.4. The van der Waals surface area contributed by atoms with Crippen LogP contribution in [0.15, 0.2) is 122 Å². The summed E-state index contributed by atoms with van der Waals surface area (Å²) < 4.78 is 2.67. The van der Waals surface area contributed by atoms with Gasteiger partial charge in [-0.05, 0) is 54.3 Å². The number of halogens is 1. The minimum Gasteiger partial charge on any atom is -0.322 e. The number of nitrogens with zero attached hydrogens (tertiary/aromatic N) is 3. The van der Waals surface area contributed by atoms with E-state index in [0.717, 1.165) is 20.6 Å². The number of fused-ring (bicyclic) bond motifs is 2. The van der Waals surface area contributed by atoms with Crippen molar-refractivity contribution in [3.63, 3.8) is 0 Å². The molecule has 7 nitrogen and oxygen atoms in total. The van der Waals surface area contributed by atoms with Crippen LogP contribution in [-0.2, 0) is 16.1 Å². The number of hydrogen-bond acceptors (Lipinski definition) is 6. The Balaban J connectivity index is 1.41. The van der Waals surface area contributed by atoms with Crippen molar-refractivity contribution in [3.05, 3.63) is 148 Å². The Labute approximate surface area is 262 Å². The van der Waals surface area contributed by atoms with Crippen LogP contribution in [0, 0.1) is 0 Å². The Hall–Kier alpha value is -4.38. The molecule has 5 aromatic rings. The molecule has 0 bridgehead atoms. The fourth-order valence-electron chi connectivity index (χ4n) is 5.54. The number of hydrogen-bond donors (Lipinski definition) is 1. The van der Waals surface area contributed by atoms with E-state index < -0.39 is 6.04 Å². The molecule has 1 N–H and O–H groups in total. The summed E-state index contributed by atoms with van der Waals surface area (Å²) in [7, 11) is 0. The topological polar surface area (TPSA) is 83.8 Å². The second-order valence-corrected chi connectivity index (χ2v) is 13.0. The van der Waals surface area contributed by atoms with Crippen molar-refractivity contribution in [1.29, 1.82) is 0 Å². The molecule has 4 heterocycles. The first kappa shape index (κ1) is 27.5. The zero-order valence-corrected chi connectivity index (χ0v) is 26.0. The Bertz CT molecular complexity index is 2120. The summed E-state index contributed by atoms with van der Waals surface area (Å²) in [5.74, 6) is -0.572. The minimum atomic E-state index is -0.687. The van der Waals surface area contributed by atoms with Gasteiger partial charge in [0.2, 0.25) is 0 Å². The summed E-state index contributed by atoms with van der Waals surface area (Å²) in [6, 6.07) is 27.8. The SMILES string of the molecule is CC1=C(C(=O)Nc2ccccc2)[C@@H](c2cccs2)n2c(s/c(=C3\C(=O)N(Cc4ccccc4)c4ccc(Br)cc43)c2=O)=N1. The van der Waals surface area contributed by atoms with Gasteiger partial charge in [0, 0.05) is 20.6 Å². The Morgan fingerprint density at radius 2 is 1.72 bits per heavy atom. The molecular formula is C33H23BrN4O3S2. The number of thiazole rings is 1. The lowest BCUT2D eigenvalue weighted by molar-refractivity contribution is -0.114. The van der Waals surface area contributed by atoms with Crippen LogP contribution in [0.25, 0.3) is 5.57 Å². The highest BCUT2D eigenvalue weighted by Gasteiger charge is 2.37. The van der Waals surface area contributed by atoms with E-state index in [1.807, 2.05) is 96.4 Å². The zero-order chi connectivity index (χ0) is 29.7. The van der Waals surface area contributed by atoms with E-state index in [4.69, 9.17) is 4.99 Å². The first-order valence-corrected chi connectivity index (χ1v) is 16.0. The summed E-state index contributed by atoms with van der Waals surface area (Å²) in [5.41, 5.74) is 3.97. The summed E-state index contributed by atoms with van der Waals surface area (Å²) in [5, 5.41) is 4.89. The predicted molar refractivity (Wildman–Crippen MR) is 174 cm³/mol. The number of rotatable bonds is 5. The maximum atomic E-state index is 14.4. The summed E-state index contributed by atoms with van der Waals surface area (Å²) in [6.45, 7) is 2.16. The van der Waals surface area contributed by atoms with Gasteiger partial charge in [-0.15, -0.1) is 11.3 Å². The van der Waals surface area contributed by atoms with Gasteiger partial charge in [0.05, 0.1) is 29.1 Å². The summed E-state index contributed by atoms with van der Waals surface area (Å²) in [6.07, 6.45) is 0. The number of allylic oxidation sites excluding steroid dienone is 1. The van der Waals surface area contributed by atoms with Gasteiger partial charge in [0.1, 0.15) is 10.6 Å². The van der Waals surface area contributed by atoms with Gasteiger partial charge in [-0.2, -0.15) is 0 Å². The number of nitrogens with one attached hydrogen (secondary N) is 1. The average Bonchev–Trinajstić information content (AvgIpc) is 3.71. The van der Waals surface area contributed by atoms with Crippen LogP contribution in [0.5, 0.6) is 0 Å². The van der Waals surface area contributed by atoms with Crippen molar-refractivity contribution in [2.45, 2.75) is 19.5 Å². The molecule has 3 aromatic carbocycles. The number of anilines is 2. The predicted octanol–water partition coefficient (Wildman–Crippen LogP) is 5.61. The number of aromatic nitrogens is 1. The van der Waals surface area contributed by atoms with Crippen molar-refractivity contribution in [1.82, 2.24) is 4.57 Å². The van der Waals surface area contributed by atoms with Gasteiger partial charge in [-0.1, -0.05) is 81.9 Å². The number of benzene rings is 3. The molecule has 0 aliphatic carbocycles. The number of thiophene rings is 1. The van der Waals surface area contributed by atoms with Crippen LogP contribution in [0.2, 0.25) is 0 Å². The highest BCUT2D eigenvalue weighted by molar-refractivity contribution is 9.10. The van der Waals surface area contributed by atoms with E-state index in [-0.39, 0.29) is 17.4 Å². The quantitative estimate of drug-likeness (QED) is 0.265. The molecule has 2 amide bonds. The Morgan fingerprint density at radius 3 is 2.44 bits per heavy atom. The molecular weight excluding hydrogens is 644 g/mol. The Morgan fingerprint density at radius 1 is 0.977 bits per heavy atom. The van der Waals surface area contributed by atoms with Crippen LogP contribution >= 0.6 is 38.6 Å². The third-order valence-electron chi connectivity index (χ3n) is 7.47. The number of carbonyl (C=O) groups excluding carboxylic acids is 2. The molecule has 0 radical (unpaired) electrons. The lowest BCUT2D eigenvalue weighted by Crippen LogP contribution is -2.41. The van der Waals surface area contributed by atoms with E-state index in [2.05, 4.69) is 21.2 Å². The van der Waals surface area contributed by atoms with Crippen molar-refractivity contribution in [3.8, 4) is 0 Å². The molecule has 0 saturated carbocycles. The minimum absolute atomic E-state index is 0.243. The van der Waals surface area contributed by atoms with Crippen molar-refractivity contribution in [2.75, 3.05) is 10.2 Å². The molecule has 7 rings (SSSR count). The van der Waals surface area contributed by atoms with E-state index in [1.54, 1.807) is 16.4 Å². The largest absolute Gasteiger partial charge is 0.322 e. The van der Waals surface area contributed by atoms with Gasteiger partial charge in [0.15, 0.2) is 4.80 Å². The second-order valence-electron chi connectivity index (χ2n) is 10.2. The van der Waals surface area contributed by atoms with Crippen LogP contribution in [-0.4, -0.2) is 16.4 Å². The van der Waals surface area contributed by atoms with Crippen molar-refractivity contribution < 1.29 is 9.59 Å². The molecule has 0 spiro atoms. The monoisotopic (exact) mass is 666 g/mol. The summed E-state index contributed by atoms with van der Waals surface area (Å²) in [4.78, 5) is 50.0. The number of amides is 2. The van der Waals surface area contributed by atoms with Gasteiger partial charge >= 0.3 is 0 Å². The Kier molecular flexibility index (Phi) is 7.04. The molecule has 0 fully saturated rings. The zero-order valence-electron chi connectivity index (χ0n) is 22.8. The van der Waals surface area contributed by atoms with E-state index in [0.29, 0.717) is 44.0 Å². The van der Waals surface area contributed by atoms with E-state index in [1.165, 1.54) is 22.7 Å². The average molecular weight is 668 g/mol. The first-order valence-electron chi connectivity index (χ1n) is 13.5. The fraction of sp³-hybridized carbons (Fsp3) is 0.0909. The van der Waals surface area contributed by atoms with E-state index in [9.17, 15) is 14.4 Å². The molecule has 0 unspecified atom stereocenters. The van der Waals surface area contributed by atoms with Gasteiger partial charge < -0.3 is 10.2 Å². The number of para-hydroxylation sites is 1. The van der Waals surface area contributed by atoms with Crippen LogP contribution in [0.4, 0.5) is 11.4 Å². The van der Waals surface area contributed by atoms with E-state index >= 15 is 0 Å². The normalized spacial score (nSPS) is 17.0. The molecule has 0 saturated heterocycles. The first-order chi connectivity index (χ1) is 20.9. The maximum Gasteiger partial charge on any atom is 0.272 e. The van der Waals surface area contributed by atoms with Crippen LogP contribution in [0.1, 0.15) is 29.0 Å². The molecule has 43 heavy (non-hydrogen) atoms. The van der Waals surface area contributed by atoms with Crippen LogP contribution in [0.3, 0.4) is 0 Å². The highest BCUT2D eigenvalue weighted by atomic mass is 79.9. The standard InChI is InChI=1S/C33H23BrN4O3S2/c1-19-26(30(39)36-22-11-6-3-7-12-22)28(25-13-8-16-42-25)38-32(41)29(43-33(38)35-19)27-23-17-21(34)14-15-24(23)37(31(27)40)18-20-9-4-2-5-10-20/h2-17,28H,18H2,1H3,(H,36,39)/b29-27-/t28-/m1/s1. The van der Waals surface area contributed by atoms with Gasteiger partial charge in [-0.25, -0.2) is 4.99 Å². The lowest BCUT2D eigenvalue weighted by atomic mass is 10.0. The van der Waals surface area contributed by atoms with Crippen LogP contribution < -0.4 is 25.1 Å². The lowest BCUT2D eigenvalue weighted by Gasteiger charge is -2.24. The second kappa shape index (κ2) is 11.0. The van der Waals surface area contributed by atoms with Crippen molar-refractivity contribution in [2.24, 2.45) is 4.99 Å². The fourth-order valence-corrected chi connectivity index (χ4v) is 7.87. The molecule has 2 aromatic heterocycles.